The van der Waals surface area contributed by atoms with Crippen molar-refractivity contribution >= 4 is 17.8 Å². The van der Waals surface area contributed by atoms with Gasteiger partial charge in [-0.05, 0) is 79.1 Å². The van der Waals surface area contributed by atoms with Gasteiger partial charge in [0.1, 0.15) is 17.2 Å². The first-order chi connectivity index (χ1) is 18.0. The Morgan fingerprint density at radius 2 is 1.62 bits per heavy atom. The lowest BCUT2D eigenvalue weighted by Gasteiger charge is -2.28. The number of hydrogen-bond acceptors (Lipinski definition) is 5. The van der Waals surface area contributed by atoms with Crippen molar-refractivity contribution in [2.24, 2.45) is 0 Å². The molecule has 190 valence electrons. The monoisotopic (exact) mass is 511 g/mol. The van der Waals surface area contributed by atoms with Crippen molar-refractivity contribution < 1.29 is 14.6 Å². The molecule has 0 heterocycles. The van der Waals surface area contributed by atoms with E-state index in [9.17, 15) is 5.11 Å². The van der Waals surface area contributed by atoms with Crippen LogP contribution in [0.4, 0.5) is 0 Å². The van der Waals surface area contributed by atoms with Crippen LogP contribution in [0.25, 0.3) is 6.08 Å². The van der Waals surface area contributed by atoms with Gasteiger partial charge in [-0.2, -0.15) is 0 Å². The molecule has 0 fully saturated rings. The number of nitrogens with zero attached hydrogens (tertiary/aromatic N) is 1. The largest absolute Gasteiger partial charge is 0.508 e. The number of phenolic OH excluding ortho intramolecular Hbond substituents is 1. The fourth-order valence-electron chi connectivity index (χ4n) is 4.13. The molecule has 0 aliphatic carbocycles. The minimum atomic E-state index is 0.270. The first-order valence-electron chi connectivity index (χ1n) is 12.3. The van der Waals surface area contributed by atoms with E-state index in [2.05, 4.69) is 72.5 Å². The summed E-state index contributed by atoms with van der Waals surface area (Å²) >= 11 is 1.73. The molecule has 0 aliphatic rings. The summed E-state index contributed by atoms with van der Waals surface area (Å²) < 4.78 is 11.1. The van der Waals surface area contributed by atoms with Gasteiger partial charge in [-0.3, -0.25) is 0 Å². The summed E-state index contributed by atoms with van der Waals surface area (Å²) in [6, 6.07) is 32.3. The van der Waals surface area contributed by atoms with Crippen LogP contribution in [-0.2, 0) is 13.0 Å². The topological polar surface area (TPSA) is 41.9 Å². The predicted molar refractivity (Wildman–Crippen MR) is 153 cm³/mol. The minimum absolute atomic E-state index is 0.270. The van der Waals surface area contributed by atoms with E-state index in [1.807, 2.05) is 36.4 Å². The number of thioether (sulfide) groups is 1. The molecular weight excluding hydrogens is 478 g/mol. The van der Waals surface area contributed by atoms with Crippen molar-refractivity contribution in [3.63, 3.8) is 0 Å². The van der Waals surface area contributed by atoms with Gasteiger partial charge in [0.15, 0.2) is 0 Å². The Bertz CT molecular complexity index is 1340. The van der Waals surface area contributed by atoms with Crippen LogP contribution in [0.15, 0.2) is 107 Å². The van der Waals surface area contributed by atoms with Crippen molar-refractivity contribution in [1.29, 1.82) is 0 Å². The quantitative estimate of drug-likeness (QED) is 0.211. The molecule has 0 atom stereocenters. The van der Waals surface area contributed by atoms with Gasteiger partial charge in [-0.1, -0.05) is 65.9 Å². The van der Waals surface area contributed by atoms with Crippen LogP contribution in [0.3, 0.4) is 0 Å². The fourth-order valence-corrected chi connectivity index (χ4v) is 5.13. The first kappa shape index (κ1) is 26.2. The Morgan fingerprint density at radius 3 is 2.38 bits per heavy atom. The van der Waals surface area contributed by atoms with Crippen LogP contribution >= 0.6 is 11.8 Å². The number of aryl methyl sites for hydroxylation is 1. The summed E-state index contributed by atoms with van der Waals surface area (Å²) in [5.41, 5.74) is 4.45. The Hall–Kier alpha value is -3.83. The molecule has 0 saturated heterocycles. The minimum Gasteiger partial charge on any atom is -0.508 e. The fraction of sp³-hybridized carbons (Fsp3) is 0.188. The van der Waals surface area contributed by atoms with Crippen molar-refractivity contribution in [2.45, 2.75) is 24.8 Å². The smallest absolute Gasteiger partial charge is 0.126 e. The normalized spacial score (nSPS) is 11.3. The maximum Gasteiger partial charge on any atom is 0.126 e. The number of hydrogen-bond donors (Lipinski definition) is 1. The molecule has 0 aliphatic heterocycles. The van der Waals surface area contributed by atoms with Gasteiger partial charge in [-0.25, -0.2) is 0 Å². The van der Waals surface area contributed by atoms with Crippen LogP contribution in [0.5, 0.6) is 17.2 Å². The number of phenols is 1. The van der Waals surface area contributed by atoms with E-state index in [1.54, 1.807) is 32.0 Å². The predicted octanol–water partition coefficient (Wildman–Crippen LogP) is 7.55. The number of methoxy groups -OCH3 is 2. The van der Waals surface area contributed by atoms with Gasteiger partial charge >= 0.3 is 0 Å². The van der Waals surface area contributed by atoms with Crippen molar-refractivity contribution in [3.05, 3.63) is 124 Å². The zero-order valence-electron chi connectivity index (χ0n) is 21.6. The molecule has 0 bridgehead atoms. The van der Waals surface area contributed by atoms with Gasteiger partial charge in [0.05, 0.1) is 19.2 Å². The second-order valence-electron chi connectivity index (χ2n) is 8.84. The maximum absolute atomic E-state index is 10.1. The standard InChI is InChI=1S/C32H33NO3S/c1-24-15-16-31(36-3)27(19-24)22-32(37-30-13-5-4-6-14-30)33(23-26-10-7-11-28(34)20-26)18-17-25-9-8-12-29(21-25)35-2/h4-16,19-22,34H,17-18,23H2,1-3H3. The van der Waals surface area contributed by atoms with E-state index >= 15 is 0 Å². The second kappa shape index (κ2) is 12.9. The molecule has 4 aromatic rings. The summed E-state index contributed by atoms with van der Waals surface area (Å²) in [6.07, 6.45) is 3.05. The summed E-state index contributed by atoms with van der Waals surface area (Å²) in [5.74, 6) is 1.96. The molecule has 4 rings (SSSR count). The van der Waals surface area contributed by atoms with Crippen LogP contribution < -0.4 is 9.47 Å². The molecule has 5 heteroatoms. The Labute approximate surface area is 224 Å². The lowest BCUT2D eigenvalue weighted by atomic mass is 10.1. The van der Waals surface area contributed by atoms with Crippen LogP contribution in [0, 0.1) is 6.92 Å². The van der Waals surface area contributed by atoms with E-state index in [0.717, 1.165) is 45.5 Å². The van der Waals surface area contributed by atoms with Gasteiger partial charge in [0, 0.05) is 23.5 Å². The van der Waals surface area contributed by atoms with Crippen molar-refractivity contribution in [3.8, 4) is 17.2 Å². The summed E-state index contributed by atoms with van der Waals surface area (Å²) in [6.45, 7) is 3.52. The van der Waals surface area contributed by atoms with E-state index < -0.39 is 0 Å². The molecule has 4 aromatic carbocycles. The molecule has 0 aromatic heterocycles. The molecule has 0 spiro atoms. The highest BCUT2D eigenvalue weighted by Crippen LogP contribution is 2.34. The third-order valence-corrected chi connectivity index (χ3v) is 7.12. The second-order valence-corrected chi connectivity index (χ2v) is 9.93. The van der Waals surface area contributed by atoms with Crippen molar-refractivity contribution in [1.82, 2.24) is 4.90 Å². The average molecular weight is 512 g/mol. The number of benzene rings is 4. The number of rotatable bonds is 11. The first-order valence-corrected chi connectivity index (χ1v) is 13.1. The highest BCUT2D eigenvalue weighted by Gasteiger charge is 2.15. The summed E-state index contributed by atoms with van der Waals surface area (Å²) in [4.78, 5) is 3.52. The Balaban J connectivity index is 1.74. The third kappa shape index (κ3) is 7.58. The maximum atomic E-state index is 10.1. The molecule has 1 N–H and O–H groups in total. The molecule has 0 radical (unpaired) electrons. The van der Waals surface area contributed by atoms with E-state index in [4.69, 9.17) is 9.47 Å². The van der Waals surface area contributed by atoms with E-state index in [1.165, 1.54) is 11.1 Å². The van der Waals surface area contributed by atoms with Gasteiger partial charge in [0.2, 0.25) is 0 Å². The van der Waals surface area contributed by atoms with Crippen LogP contribution in [0.2, 0.25) is 0 Å². The molecule has 4 nitrogen and oxygen atoms in total. The zero-order valence-corrected chi connectivity index (χ0v) is 22.4. The molecule has 0 amide bonds. The van der Waals surface area contributed by atoms with E-state index in [0.29, 0.717) is 6.54 Å². The zero-order chi connectivity index (χ0) is 26.0. The highest BCUT2D eigenvalue weighted by atomic mass is 32.2. The highest BCUT2D eigenvalue weighted by molar-refractivity contribution is 8.03. The van der Waals surface area contributed by atoms with Crippen molar-refractivity contribution in [2.75, 3.05) is 20.8 Å². The molecule has 37 heavy (non-hydrogen) atoms. The summed E-state index contributed by atoms with van der Waals surface area (Å²) in [5, 5.41) is 11.2. The lowest BCUT2D eigenvalue weighted by molar-refractivity contribution is 0.364. The number of ether oxygens (including phenoxy) is 2. The average Bonchev–Trinajstić information content (AvgIpc) is 2.91. The van der Waals surface area contributed by atoms with Crippen LogP contribution in [-0.4, -0.2) is 30.8 Å². The SMILES string of the molecule is COc1cccc(CCN(Cc2cccc(O)c2)C(=Cc2cc(C)ccc2OC)Sc2ccccc2)c1. The van der Waals surface area contributed by atoms with Gasteiger partial charge < -0.3 is 19.5 Å². The van der Waals surface area contributed by atoms with Gasteiger partial charge in [-0.15, -0.1) is 0 Å². The lowest BCUT2D eigenvalue weighted by Crippen LogP contribution is -2.24. The molecule has 0 saturated carbocycles. The third-order valence-electron chi connectivity index (χ3n) is 6.03. The Morgan fingerprint density at radius 1 is 0.838 bits per heavy atom. The van der Waals surface area contributed by atoms with E-state index in [-0.39, 0.29) is 5.75 Å². The van der Waals surface area contributed by atoms with Gasteiger partial charge in [0.25, 0.3) is 0 Å². The summed E-state index contributed by atoms with van der Waals surface area (Å²) in [7, 11) is 3.40. The van der Waals surface area contributed by atoms with Crippen LogP contribution in [0.1, 0.15) is 22.3 Å². The molecular formula is C32H33NO3S. The number of aromatic hydroxyl groups is 1. The Kier molecular flexibility index (Phi) is 9.17. The molecule has 0 unspecified atom stereocenters.